The Labute approximate surface area is 131 Å². The van der Waals surface area contributed by atoms with Gasteiger partial charge < -0.3 is 4.74 Å². The molecule has 112 valence electrons. The second kappa shape index (κ2) is 7.94. The molecule has 0 atom stereocenters. The molecule has 4 heteroatoms. The Hall–Kier alpha value is -0.670. The van der Waals surface area contributed by atoms with Crippen molar-refractivity contribution in [2.45, 2.75) is 47.1 Å². The largest absolute Gasteiger partial charge is 0.490 e. The number of hydrogen-bond donors (Lipinski definition) is 0. The molecule has 0 aliphatic carbocycles. The third-order valence-corrected chi connectivity index (χ3v) is 4.61. The monoisotopic (exact) mass is 314 g/mol. The fourth-order valence-corrected chi connectivity index (χ4v) is 2.91. The minimum Gasteiger partial charge on any atom is -0.490 e. The number of ketones is 1. The summed E-state index contributed by atoms with van der Waals surface area (Å²) in [6.45, 7) is 9.85. The Bertz CT molecular complexity index is 484. The highest BCUT2D eigenvalue weighted by Gasteiger charge is 2.20. The van der Waals surface area contributed by atoms with Crippen LogP contribution >= 0.6 is 23.4 Å². The van der Waals surface area contributed by atoms with E-state index in [0.717, 1.165) is 23.3 Å². The van der Waals surface area contributed by atoms with Crippen molar-refractivity contribution in [1.29, 1.82) is 0 Å². The van der Waals surface area contributed by atoms with Crippen LogP contribution < -0.4 is 4.74 Å². The zero-order valence-corrected chi connectivity index (χ0v) is 14.5. The first-order valence-electron chi connectivity index (χ1n) is 6.95. The molecule has 0 heterocycles. The molecule has 0 aromatic heterocycles. The van der Waals surface area contributed by atoms with Crippen LogP contribution in [0.3, 0.4) is 0 Å². The van der Waals surface area contributed by atoms with Gasteiger partial charge in [-0.05, 0) is 57.1 Å². The van der Waals surface area contributed by atoms with Crippen LogP contribution in [0, 0.1) is 13.8 Å². The maximum atomic E-state index is 12.4. The molecule has 0 aliphatic heterocycles. The molecule has 0 fully saturated rings. The minimum atomic E-state index is 0.0322. The lowest BCUT2D eigenvalue weighted by molar-refractivity contribution is 0.101. The zero-order valence-electron chi connectivity index (χ0n) is 12.9. The number of halogens is 1. The molecule has 2 nitrogen and oxygen atoms in total. The summed E-state index contributed by atoms with van der Waals surface area (Å²) in [6, 6.07) is 1.87. The summed E-state index contributed by atoms with van der Waals surface area (Å²) < 4.78 is 5.80. The second-order valence-corrected chi connectivity index (χ2v) is 6.63. The van der Waals surface area contributed by atoms with Crippen LogP contribution in [0.15, 0.2) is 6.07 Å². The van der Waals surface area contributed by atoms with Crippen LogP contribution in [-0.2, 0) is 0 Å². The number of thioether (sulfide) groups is 1. The van der Waals surface area contributed by atoms with Gasteiger partial charge in [0.2, 0.25) is 0 Å². The minimum absolute atomic E-state index is 0.0322. The van der Waals surface area contributed by atoms with Gasteiger partial charge in [0, 0.05) is 5.02 Å². The average molecular weight is 315 g/mol. The topological polar surface area (TPSA) is 26.3 Å². The van der Waals surface area contributed by atoms with E-state index in [0.29, 0.717) is 22.1 Å². The van der Waals surface area contributed by atoms with Gasteiger partial charge in [0.15, 0.2) is 5.78 Å². The number of Topliss-reactive ketones (excluding diaryl/α,β-unsaturated/α-hetero) is 1. The van der Waals surface area contributed by atoms with E-state index in [1.807, 2.05) is 33.8 Å². The molecule has 1 aromatic rings. The Morgan fingerprint density at radius 1 is 1.40 bits per heavy atom. The molecule has 1 aromatic carbocycles. The van der Waals surface area contributed by atoms with Crippen LogP contribution in [0.25, 0.3) is 0 Å². The van der Waals surface area contributed by atoms with E-state index < -0.39 is 0 Å². The van der Waals surface area contributed by atoms with Gasteiger partial charge in [-0.25, -0.2) is 0 Å². The van der Waals surface area contributed by atoms with Crippen LogP contribution in [-0.4, -0.2) is 23.4 Å². The molecule has 0 radical (unpaired) electrons. The third-order valence-electron chi connectivity index (χ3n) is 2.87. The molecule has 0 saturated heterocycles. The summed E-state index contributed by atoms with van der Waals surface area (Å²) in [4.78, 5) is 12.4. The zero-order chi connectivity index (χ0) is 15.3. The van der Waals surface area contributed by atoms with Crippen molar-refractivity contribution in [3.63, 3.8) is 0 Å². The van der Waals surface area contributed by atoms with Crippen molar-refractivity contribution in [3.8, 4) is 5.75 Å². The number of aryl methyl sites for hydroxylation is 1. The standard InChI is InChI=1S/C16H23ClO2S/c1-6-7-20-9-13(18)15-12(5)16(17)11(4)8-14(15)19-10(2)3/h8,10H,6-7,9H2,1-5H3. The van der Waals surface area contributed by atoms with E-state index in [-0.39, 0.29) is 11.9 Å². The van der Waals surface area contributed by atoms with Crippen LogP contribution in [0.1, 0.15) is 48.7 Å². The SMILES string of the molecule is CCCSCC(=O)c1c(OC(C)C)cc(C)c(Cl)c1C. The molecular formula is C16H23ClO2S. The summed E-state index contributed by atoms with van der Waals surface area (Å²) in [7, 11) is 0. The smallest absolute Gasteiger partial charge is 0.176 e. The molecule has 0 unspecified atom stereocenters. The molecule has 1 rings (SSSR count). The van der Waals surface area contributed by atoms with E-state index in [1.54, 1.807) is 11.8 Å². The van der Waals surface area contributed by atoms with Crippen molar-refractivity contribution >= 4 is 29.1 Å². The number of rotatable bonds is 7. The van der Waals surface area contributed by atoms with Crippen LogP contribution in [0.4, 0.5) is 0 Å². The highest BCUT2D eigenvalue weighted by molar-refractivity contribution is 7.99. The Morgan fingerprint density at radius 2 is 2.05 bits per heavy atom. The van der Waals surface area contributed by atoms with Crippen molar-refractivity contribution < 1.29 is 9.53 Å². The number of hydrogen-bond acceptors (Lipinski definition) is 3. The van der Waals surface area contributed by atoms with Crippen LogP contribution in [0.2, 0.25) is 5.02 Å². The van der Waals surface area contributed by atoms with Crippen LogP contribution in [0.5, 0.6) is 5.75 Å². The summed E-state index contributed by atoms with van der Waals surface area (Å²) in [6.07, 6.45) is 1.10. The molecule has 20 heavy (non-hydrogen) atoms. The Morgan fingerprint density at radius 3 is 2.60 bits per heavy atom. The fourth-order valence-electron chi connectivity index (χ4n) is 2.00. The molecule has 0 aliphatic rings. The van der Waals surface area contributed by atoms with Gasteiger partial charge in [0.25, 0.3) is 0 Å². The summed E-state index contributed by atoms with van der Waals surface area (Å²) in [5, 5.41) is 0.657. The van der Waals surface area contributed by atoms with E-state index in [9.17, 15) is 4.79 Å². The van der Waals surface area contributed by atoms with Crippen molar-refractivity contribution in [2.24, 2.45) is 0 Å². The highest BCUT2D eigenvalue weighted by atomic mass is 35.5. The van der Waals surface area contributed by atoms with Gasteiger partial charge in [-0.15, -0.1) is 0 Å². The normalized spacial score (nSPS) is 10.9. The highest BCUT2D eigenvalue weighted by Crippen LogP contribution is 2.33. The molecule has 0 bridgehead atoms. The molecule has 0 spiro atoms. The van der Waals surface area contributed by atoms with Gasteiger partial charge in [-0.1, -0.05) is 18.5 Å². The van der Waals surface area contributed by atoms with Gasteiger partial charge >= 0.3 is 0 Å². The van der Waals surface area contributed by atoms with Crippen molar-refractivity contribution in [3.05, 3.63) is 27.8 Å². The first-order chi connectivity index (χ1) is 9.38. The maximum Gasteiger partial charge on any atom is 0.176 e. The predicted octanol–water partition coefficient (Wildman–Crippen LogP) is 5.07. The van der Waals surface area contributed by atoms with E-state index in [4.69, 9.17) is 16.3 Å². The fraction of sp³-hybridized carbons (Fsp3) is 0.562. The quantitative estimate of drug-likeness (QED) is 0.519. The molecule has 0 amide bonds. The lowest BCUT2D eigenvalue weighted by Gasteiger charge is -2.18. The summed E-state index contributed by atoms with van der Waals surface area (Å²) >= 11 is 7.94. The Balaban J connectivity index is 3.13. The van der Waals surface area contributed by atoms with Crippen molar-refractivity contribution in [2.75, 3.05) is 11.5 Å². The first-order valence-corrected chi connectivity index (χ1v) is 8.49. The molecular weight excluding hydrogens is 292 g/mol. The van der Waals surface area contributed by atoms with Gasteiger partial charge in [-0.2, -0.15) is 11.8 Å². The second-order valence-electron chi connectivity index (χ2n) is 5.15. The Kier molecular flexibility index (Phi) is 6.90. The molecule has 0 saturated carbocycles. The van der Waals surface area contributed by atoms with Crippen molar-refractivity contribution in [1.82, 2.24) is 0 Å². The summed E-state index contributed by atoms with van der Waals surface area (Å²) in [5.41, 5.74) is 2.40. The number of ether oxygens (including phenoxy) is 1. The number of carbonyl (C=O) groups is 1. The molecule has 0 N–H and O–H groups in total. The summed E-state index contributed by atoms with van der Waals surface area (Å²) in [5.74, 6) is 2.22. The number of benzene rings is 1. The lowest BCUT2D eigenvalue weighted by atomic mass is 10.0. The average Bonchev–Trinajstić information content (AvgIpc) is 2.35. The first kappa shape index (κ1) is 17.4. The van der Waals surface area contributed by atoms with Gasteiger partial charge in [0.1, 0.15) is 5.75 Å². The van der Waals surface area contributed by atoms with E-state index >= 15 is 0 Å². The van der Waals surface area contributed by atoms with Gasteiger partial charge in [0.05, 0.1) is 17.4 Å². The van der Waals surface area contributed by atoms with Gasteiger partial charge in [-0.3, -0.25) is 4.79 Å². The maximum absolute atomic E-state index is 12.4. The lowest BCUT2D eigenvalue weighted by Crippen LogP contribution is -2.13. The van der Waals surface area contributed by atoms with E-state index in [1.165, 1.54) is 0 Å². The van der Waals surface area contributed by atoms with E-state index in [2.05, 4.69) is 6.92 Å². The third kappa shape index (κ3) is 4.42. The predicted molar refractivity (Wildman–Crippen MR) is 88.6 cm³/mol. The number of carbonyl (C=O) groups excluding carboxylic acids is 1.